The van der Waals surface area contributed by atoms with E-state index in [1.165, 1.54) is 19.2 Å². The molecule has 0 atom stereocenters. The summed E-state index contributed by atoms with van der Waals surface area (Å²) in [5.41, 5.74) is 0.356. The summed E-state index contributed by atoms with van der Waals surface area (Å²) in [6.07, 6.45) is 0.654. The molecule has 0 bridgehead atoms. The number of hydrogen-bond donors (Lipinski definition) is 1. The molecule has 0 radical (unpaired) electrons. The number of ether oxygens (including phenoxy) is 1. The summed E-state index contributed by atoms with van der Waals surface area (Å²) in [6.45, 7) is 0. The number of methoxy groups -OCH3 is 1. The van der Waals surface area contributed by atoms with Gasteiger partial charge in [-0.3, -0.25) is 0 Å². The zero-order valence-electron chi connectivity index (χ0n) is 7.83. The van der Waals surface area contributed by atoms with Crippen LogP contribution in [0.15, 0.2) is 24.5 Å². The van der Waals surface area contributed by atoms with E-state index in [9.17, 15) is 4.79 Å². The molecule has 0 unspecified atom stereocenters. The van der Waals surface area contributed by atoms with E-state index in [1.807, 2.05) is 0 Å². The lowest BCUT2D eigenvalue weighted by Gasteiger charge is -2.06. The molecule has 0 aromatic heterocycles. The summed E-state index contributed by atoms with van der Waals surface area (Å²) in [5, 5.41) is 9.64. The number of benzene rings is 1. The Balaban J connectivity index is 3.20. The minimum Gasteiger partial charge on any atom is -0.515 e. The fourth-order valence-electron chi connectivity index (χ4n) is 1.05. The highest BCUT2D eigenvalue weighted by Crippen LogP contribution is 2.27. The van der Waals surface area contributed by atoms with Gasteiger partial charge in [0.25, 0.3) is 0 Å². The molecule has 1 N–H and O–H groups in total. The third-order valence-electron chi connectivity index (χ3n) is 1.76. The number of hydrogen-bond acceptors (Lipinski definition) is 3. The first-order valence-corrected chi connectivity index (χ1v) is 4.74. The molecule has 0 heterocycles. The summed E-state index contributed by atoms with van der Waals surface area (Å²) >= 11 is 11.6. The van der Waals surface area contributed by atoms with Crippen molar-refractivity contribution in [3.8, 4) is 0 Å². The Morgan fingerprint density at radius 2 is 2.13 bits per heavy atom. The first kappa shape index (κ1) is 11.9. The maximum absolute atomic E-state index is 11.2. The first-order valence-electron chi connectivity index (χ1n) is 3.98. The van der Waals surface area contributed by atoms with Crippen molar-refractivity contribution in [3.63, 3.8) is 0 Å². The maximum atomic E-state index is 11.2. The average molecular weight is 247 g/mol. The van der Waals surface area contributed by atoms with Gasteiger partial charge in [0.2, 0.25) is 0 Å². The zero-order chi connectivity index (χ0) is 11.4. The van der Waals surface area contributed by atoms with E-state index in [4.69, 9.17) is 28.3 Å². The van der Waals surface area contributed by atoms with E-state index < -0.39 is 5.97 Å². The molecule has 0 amide bonds. The maximum Gasteiger partial charge on any atom is 0.341 e. The quantitative estimate of drug-likeness (QED) is 0.496. The van der Waals surface area contributed by atoms with Gasteiger partial charge >= 0.3 is 5.97 Å². The van der Waals surface area contributed by atoms with E-state index >= 15 is 0 Å². The molecule has 1 rings (SSSR count). The molecule has 0 spiro atoms. The van der Waals surface area contributed by atoms with Crippen LogP contribution in [0.2, 0.25) is 10.0 Å². The van der Waals surface area contributed by atoms with Gasteiger partial charge < -0.3 is 9.84 Å². The molecule has 1 aromatic rings. The van der Waals surface area contributed by atoms with Crippen molar-refractivity contribution in [1.82, 2.24) is 0 Å². The molecule has 0 aliphatic rings. The second-order valence-electron chi connectivity index (χ2n) is 2.66. The normalized spacial score (nSPS) is 11.3. The molecule has 0 saturated heterocycles. The highest BCUT2D eigenvalue weighted by molar-refractivity contribution is 6.37. The van der Waals surface area contributed by atoms with Gasteiger partial charge in [-0.15, -0.1) is 0 Å². The largest absolute Gasteiger partial charge is 0.515 e. The predicted octanol–water partition coefficient (Wildman–Crippen LogP) is 3.07. The SMILES string of the molecule is COC(=O)C(=CO)c1ccc(Cl)cc1Cl. The highest BCUT2D eigenvalue weighted by Gasteiger charge is 2.15. The van der Waals surface area contributed by atoms with Crippen LogP contribution in [0, 0.1) is 0 Å². The van der Waals surface area contributed by atoms with Gasteiger partial charge in [-0.1, -0.05) is 29.3 Å². The van der Waals surface area contributed by atoms with E-state index in [1.54, 1.807) is 6.07 Å². The fourth-order valence-corrected chi connectivity index (χ4v) is 1.56. The molecule has 5 heteroatoms. The fraction of sp³-hybridized carbons (Fsp3) is 0.100. The molecule has 1 aromatic carbocycles. The molecule has 0 fully saturated rings. The molecule has 0 aliphatic carbocycles. The Kier molecular flexibility index (Phi) is 4.00. The number of carbonyl (C=O) groups is 1. The van der Waals surface area contributed by atoms with E-state index in [0.717, 1.165) is 0 Å². The summed E-state index contributed by atoms with van der Waals surface area (Å²) in [4.78, 5) is 11.2. The minimum absolute atomic E-state index is 0.0147. The van der Waals surface area contributed by atoms with Crippen molar-refractivity contribution in [3.05, 3.63) is 40.1 Å². The van der Waals surface area contributed by atoms with Crippen LogP contribution in [0.25, 0.3) is 5.57 Å². The summed E-state index contributed by atoms with van der Waals surface area (Å²) in [6, 6.07) is 4.57. The van der Waals surface area contributed by atoms with Gasteiger partial charge in [0.05, 0.1) is 18.4 Å². The smallest absolute Gasteiger partial charge is 0.341 e. The van der Waals surface area contributed by atoms with Gasteiger partial charge in [-0.05, 0) is 12.1 Å². The monoisotopic (exact) mass is 246 g/mol. The van der Waals surface area contributed by atoms with Crippen LogP contribution in [0.4, 0.5) is 0 Å². The van der Waals surface area contributed by atoms with Crippen LogP contribution < -0.4 is 0 Å². The molecule has 15 heavy (non-hydrogen) atoms. The van der Waals surface area contributed by atoms with Crippen molar-refractivity contribution in [1.29, 1.82) is 0 Å². The van der Waals surface area contributed by atoms with Crippen LogP contribution in [0.3, 0.4) is 0 Å². The average Bonchev–Trinajstić information content (AvgIpc) is 2.21. The van der Waals surface area contributed by atoms with E-state index in [2.05, 4.69) is 4.74 Å². The summed E-state index contributed by atoms with van der Waals surface area (Å²) < 4.78 is 4.48. The van der Waals surface area contributed by atoms with Crippen LogP contribution in [0.5, 0.6) is 0 Å². The summed E-state index contributed by atoms with van der Waals surface area (Å²) in [7, 11) is 1.22. The zero-order valence-corrected chi connectivity index (χ0v) is 9.34. The number of rotatable bonds is 2. The second kappa shape index (κ2) is 5.05. The Hall–Kier alpha value is -1.19. The number of halogens is 2. The lowest BCUT2D eigenvalue weighted by molar-refractivity contribution is -0.133. The van der Waals surface area contributed by atoms with Crippen LogP contribution >= 0.6 is 23.2 Å². The lowest BCUT2D eigenvalue weighted by atomic mass is 10.1. The van der Waals surface area contributed by atoms with Crippen molar-refractivity contribution >= 4 is 34.7 Å². The standard InChI is InChI=1S/C10H8Cl2O3/c1-15-10(14)8(5-13)7-3-2-6(11)4-9(7)12/h2-5,13H,1H3. The Morgan fingerprint density at radius 3 is 2.60 bits per heavy atom. The van der Waals surface area contributed by atoms with Gasteiger partial charge in [-0.25, -0.2) is 4.79 Å². The van der Waals surface area contributed by atoms with Crippen molar-refractivity contribution in [2.45, 2.75) is 0 Å². The van der Waals surface area contributed by atoms with E-state index in [-0.39, 0.29) is 10.6 Å². The number of aliphatic hydroxyl groups is 1. The second-order valence-corrected chi connectivity index (χ2v) is 3.50. The Morgan fingerprint density at radius 1 is 1.47 bits per heavy atom. The lowest BCUT2D eigenvalue weighted by Crippen LogP contribution is -2.04. The van der Waals surface area contributed by atoms with Gasteiger partial charge in [0.1, 0.15) is 5.57 Å². The molecule has 80 valence electrons. The molecule has 0 saturated carbocycles. The van der Waals surface area contributed by atoms with Crippen molar-refractivity contribution in [2.24, 2.45) is 0 Å². The minimum atomic E-state index is -0.665. The first-order chi connectivity index (χ1) is 7.10. The van der Waals surface area contributed by atoms with Gasteiger partial charge in [0, 0.05) is 10.6 Å². The van der Waals surface area contributed by atoms with Gasteiger partial charge in [0.15, 0.2) is 0 Å². The predicted molar refractivity (Wildman–Crippen MR) is 59.1 cm³/mol. The number of carbonyl (C=O) groups excluding carboxylic acids is 1. The molecular weight excluding hydrogens is 239 g/mol. The Bertz CT molecular complexity index is 413. The topological polar surface area (TPSA) is 46.5 Å². The third kappa shape index (κ3) is 2.64. The highest BCUT2D eigenvalue weighted by atomic mass is 35.5. The van der Waals surface area contributed by atoms with Crippen molar-refractivity contribution in [2.75, 3.05) is 7.11 Å². The van der Waals surface area contributed by atoms with Crippen LogP contribution in [0.1, 0.15) is 5.56 Å². The van der Waals surface area contributed by atoms with Gasteiger partial charge in [-0.2, -0.15) is 0 Å². The van der Waals surface area contributed by atoms with Crippen molar-refractivity contribution < 1.29 is 14.6 Å². The third-order valence-corrected chi connectivity index (χ3v) is 2.30. The van der Waals surface area contributed by atoms with Crippen LogP contribution in [-0.2, 0) is 9.53 Å². The molecule has 0 aliphatic heterocycles. The summed E-state index contributed by atoms with van der Waals surface area (Å²) in [5.74, 6) is -0.665. The number of esters is 1. The molecular formula is C10H8Cl2O3. The van der Waals surface area contributed by atoms with Crippen LogP contribution in [-0.4, -0.2) is 18.2 Å². The van der Waals surface area contributed by atoms with E-state index in [0.29, 0.717) is 16.8 Å². The number of aliphatic hydroxyl groups excluding tert-OH is 1. The molecule has 3 nitrogen and oxygen atoms in total. The Labute approximate surface area is 96.9 Å².